The molecule has 0 radical (unpaired) electrons. The molecule has 90 valence electrons. The zero-order valence-electron chi connectivity index (χ0n) is 10.5. The van der Waals surface area contributed by atoms with Crippen molar-refractivity contribution in [3.8, 4) is 0 Å². The minimum atomic E-state index is 0.0758. The molecule has 0 saturated heterocycles. The number of benzene rings is 1. The summed E-state index contributed by atoms with van der Waals surface area (Å²) in [6.45, 7) is 6.52. The minimum absolute atomic E-state index is 0.0758. The van der Waals surface area contributed by atoms with Gasteiger partial charge in [-0.25, -0.2) is 0 Å². The third-order valence-electron chi connectivity index (χ3n) is 2.85. The van der Waals surface area contributed by atoms with Gasteiger partial charge in [0, 0.05) is 11.1 Å². The van der Waals surface area contributed by atoms with Gasteiger partial charge in [-0.1, -0.05) is 50.4 Å². The monoisotopic (exact) mass is 239 g/mol. The topological polar surface area (TPSA) is 26.0 Å². The van der Waals surface area contributed by atoms with Gasteiger partial charge in [-0.05, 0) is 36.5 Å². The number of hydrogen-bond donors (Lipinski definition) is 1. The van der Waals surface area contributed by atoms with E-state index in [2.05, 4.69) is 26.0 Å². The highest BCUT2D eigenvalue weighted by molar-refractivity contribution is 6.31. The third-order valence-corrected chi connectivity index (χ3v) is 3.18. The fraction of sp³-hybridized carbons (Fsp3) is 0.571. The molecule has 0 heterocycles. The van der Waals surface area contributed by atoms with E-state index in [9.17, 15) is 0 Å². The van der Waals surface area contributed by atoms with Gasteiger partial charge < -0.3 is 5.73 Å². The van der Waals surface area contributed by atoms with Crippen LogP contribution in [0.1, 0.15) is 50.3 Å². The Morgan fingerprint density at radius 2 is 1.94 bits per heavy atom. The first-order chi connectivity index (χ1) is 7.50. The number of aryl methyl sites for hydroxylation is 1. The van der Waals surface area contributed by atoms with Crippen LogP contribution in [0.25, 0.3) is 0 Å². The summed E-state index contributed by atoms with van der Waals surface area (Å²) < 4.78 is 0. The summed E-state index contributed by atoms with van der Waals surface area (Å²) >= 11 is 6.19. The minimum Gasteiger partial charge on any atom is -0.324 e. The molecule has 1 aromatic carbocycles. The average molecular weight is 240 g/mol. The van der Waals surface area contributed by atoms with Crippen molar-refractivity contribution in [2.24, 2.45) is 11.7 Å². The summed E-state index contributed by atoms with van der Waals surface area (Å²) in [6.07, 6.45) is 3.42. The Bertz CT molecular complexity index is 334. The third kappa shape index (κ3) is 4.15. The average Bonchev–Trinajstić information content (AvgIpc) is 2.16. The van der Waals surface area contributed by atoms with Crippen molar-refractivity contribution in [3.63, 3.8) is 0 Å². The number of halogens is 1. The summed E-state index contributed by atoms with van der Waals surface area (Å²) in [5.41, 5.74) is 8.41. The standard InChI is InChI=1S/C14H22ClN/c1-10(2)5-4-6-14(16)12-8-7-11(3)9-13(12)15/h7-10,14H,4-6,16H2,1-3H3. The predicted octanol–water partition coefficient (Wildman–Crippen LogP) is 4.47. The molecule has 0 aliphatic heterocycles. The van der Waals surface area contributed by atoms with E-state index in [1.54, 1.807) is 0 Å². The van der Waals surface area contributed by atoms with Gasteiger partial charge in [0.2, 0.25) is 0 Å². The Morgan fingerprint density at radius 3 is 2.50 bits per heavy atom. The highest BCUT2D eigenvalue weighted by atomic mass is 35.5. The lowest BCUT2D eigenvalue weighted by atomic mass is 9.98. The van der Waals surface area contributed by atoms with E-state index in [4.69, 9.17) is 17.3 Å². The smallest absolute Gasteiger partial charge is 0.0456 e. The van der Waals surface area contributed by atoms with Crippen LogP contribution in [0.15, 0.2) is 18.2 Å². The van der Waals surface area contributed by atoms with Crippen LogP contribution in [0.5, 0.6) is 0 Å². The van der Waals surface area contributed by atoms with Gasteiger partial charge in [-0.15, -0.1) is 0 Å². The molecule has 1 aromatic rings. The summed E-state index contributed by atoms with van der Waals surface area (Å²) in [4.78, 5) is 0. The zero-order chi connectivity index (χ0) is 12.1. The second-order valence-corrected chi connectivity index (χ2v) is 5.36. The Labute approximate surface area is 104 Å². The Kier molecular flexibility index (Phi) is 5.30. The molecule has 0 saturated carbocycles. The van der Waals surface area contributed by atoms with Crippen LogP contribution in [0.2, 0.25) is 5.02 Å². The van der Waals surface area contributed by atoms with Crippen LogP contribution in [0, 0.1) is 12.8 Å². The molecule has 1 nitrogen and oxygen atoms in total. The lowest BCUT2D eigenvalue weighted by molar-refractivity contribution is 0.505. The predicted molar refractivity (Wildman–Crippen MR) is 71.8 cm³/mol. The van der Waals surface area contributed by atoms with Crippen LogP contribution in [-0.4, -0.2) is 0 Å². The van der Waals surface area contributed by atoms with Crippen LogP contribution in [0.3, 0.4) is 0 Å². The molecule has 0 bridgehead atoms. The summed E-state index contributed by atoms with van der Waals surface area (Å²) in [5.74, 6) is 0.751. The molecular formula is C14H22ClN. The first kappa shape index (κ1) is 13.5. The maximum atomic E-state index is 6.19. The van der Waals surface area contributed by atoms with Crippen LogP contribution < -0.4 is 5.73 Å². The Morgan fingerprint density at radius 1 is 1.25 bits per heavy atom. The summed E-state index contributed by atoms with van der Waals surface area (Å²) in [7, 11) is 0. The maximum Gasteiger partial charge on any atom is 0.0456 e. The maximum absolute atomic E-state index is 6.19. The molecule has 1 atom stereocenters. The van der Waals surface area contributed by atoms with E-state index in [1.165, 1.54) is 18.4 Å². The molecule has 0 amide bonds. The number of nitrogens with two attached hydrogens (primary N) is 1. The van der Waals surface area contributed by atoms with Crippen molar-refractivity contribution in [3.05, 3.63) is 34.3 Å². The van der Waals surface area contributed by atoms with Gasteiger partial charge >= 0.3 is 0 Å². The van der Waals surface area contributed by atoms with Crippen molar-refractivity contribution in [2.75, 3.05) is 0 Å². The summed E-state index contributed by atoms with van der Waals surface area (Å²) in [6, 6.07) is 6.19. The molecule has 2 N–H and O–H groups in total. The van der Waals surface area contributed by atoms with Crippen LogP contribution >= 0.6 is 11.6 Å². The van der Waals surface area contributed by atoms with Gasteiger partial charge in [0.1, 0.15) is 0 Å². The van der Waals surface area contributed by atoms with Crippen molar-refractivity contribution in [1.29, 1.82) is 0 Å². The van der Waals surface area contributed by atoms with Crippen LogP contribution in [-0.2, 0) is 0 Å². The lowest BCUT2D eigenvalue weighted by Crippen LogP contribution is -2.11. The largest absolute Gasteiger partial charge is 0.324 e. The second kappa shape index (κ2) is 6.27. The van der Waals surface area contributed by atoms with E-state index in [-0.39, 0.29) is 6.04 Å². The molecular weight excluding hydrogens is 218 g/mol. The summed E-state index contributed by atoms with van der Waals surface area (Å²) in [5, 5.41) is 0.803. The first-order valence-corrected chi connectivity index (χ1v) is 6.40. The first-order valence-electron chi connectivity index (χ1n) is 6.02. The quantitative estimate of drug-likeness (QED) is 0.806. The number of hydrogen-bond acceptors (Lipinski definition) is 1. The normalized spacial score (nSPS) is 13.1. The molecule has 0 aromatic heterocycles. The van der Waals surface area contributed by atoms with Crippen molar-refractivity contribution >= 4 is 11.6 Å². The van der Waals surface area contributed by atoms with E-state index >= 15 is 0 Å². The van der Waals surface area contributed by atoms with Crippen molar-refractivity contribution in [1.82, 2.24) is 0 Å². The molecule has 0 spiro atoms. The van der Waals surface area contributed by atoms with E-state index in [0.29, 0.717) is 0 Å². The molecule has 1 rings (SSSR count). The number of rotatable bonds is 5. The van der Waals surface area contributed by atoms with Crippen LogP contribution in [0.4, 0.5) is 0 Å². The Balaban J connectivity index is 2.55. The second-order valence-electron chi connectivity index (χ2n) is 4.96. The zero-order valence-corrected chi connectivity index (χ0v) is 11.2. The van der Waals surface area contributed by atoms with Gasteiger partial charge in [0.05, 0.1) is 0 Å². The van der Waals surface area contributed by atoms with E-state index in [0.717, 1.165) is 22.9 Å². The molecule has 2 heteroatoms. The molecule has 16 heavy (non-hydrogen) atoms. The van der Waals surface area contributed by atoms with Gasteiger partial charge in [0.15, 0.2) is 0 Å². The SMILES string of the molecule is Cc1ccc(C(N)CCCC(C)C)c(Cl)c1. The lowest BCUT2D eigenvalue weighted by Gasteiger charge is -2.14. The van der Waals surface area contributed by atoms with Gasteiger partial charge in [-0.2, -0.15) is 0 Å². The molecule has 1 unspecified atom stereocenters. The highest BCUT2D eigenvalue weighted by Gasteiger charge is 2.10. The Hall–Kier alpha value is -0.530. The van der Waals surface area contributed by atoms with Crippen molar-refractivity contribution in [2.45, 2.75) is 46.1 Å². The molecule has 0 aliphatic carbocycles. The fourth-order valence-electron chi connectivity index (χ4n) is 1.83. The van der Waals surface area contributed by atoms with E-state index in [1.807, 2.05) is 13.0 Å². The molecule has 0 fully saturated rings. The highest BCUT2D eigenvalue weighted by Crippen LogP contribution is 2.26. The van der Waals surface area contributed by atoms with Crippen molar-refractivity contribution < 1.29 is 0 Å². The van der Waals surface area contributed by atoms with Gasteiger partial charge in [0.25, 0.3) is 0 Å². The molecule has 0 aliphatic rings. The van der Waals surface area contributed by atoms with Gasteiger partial charge in [-0.3, -0.25) is 0 Å². The fourth-order valence-corrected chi connectivity index (χ4v) is 2.21. The van der Waals surface area contributed by atoms with E-state index < -0.39 is 0 Å².